The van der Waals surface area contributed by atoms with Crippen LogP contribution in [-0.4, -0.2) is 11.7 Å². The molecule has 0 heterocycles. The van der Waals surface area contributed by atoms with Gasteiger partial charge in [0.2, 0.25) is 0 Å². The number of hydrogen-bond acceptors (Lipinski definition) is 2. The number of nitrogens with two attached hydrogens (primary N) is 1. The van der Waals surface area contributed by atoms with Crippen molar-refractivity contribution < 1.29 is 5.11 Å². The van der Waals surface area contributed by atoms with Gasteiger partial charge in [0, 0.05) is 23.1 Å². The van der Waals surface area contributed by atoms with Gasteiger partial charge in [-0.1, -0.05) is 37.6 Å². The van der Waals surface area contributed by atoms with Crippen LogP contribution in [0.3, 0.4) is 0 Å². The maximum atomic E-state index is 9.24. The molecule has 1 rings (SSSR count). The molecule has 0 spiro atoms. The molecule has 0 aliphatic carbocycles. The van der Waals surface area contributed by atoms with E-state index in [0.717, 1.165) is 16.1 Å². The molecule has 1 aromatic rings. The first-order chi connectivity index (χ1) is 6.88. The number of aliphatic hydroxyl groups excluding tert-OH is 1. The van der Waals surface area contributed by atoms with Crippen molar-refractivity contribution >= 4 is 11.6 Å². The monoisotopic (exact) mass is 227 g/mol. The molecule has 2 nitrogen and oxygen atoms in total. The first-order valence-electron chi connectivity index (χ1n) is 5.01. The predicted molar refractivity (Wildman–Crippen MR) is 64.0 cm³/mol. The van der Waals surface area contributed by atoms with Crippen molar-refractivity contribution in [2.75, 3.05) is 6.61 Å². The number of aryl methyl sites for hydroxylation is 1. The fourth-order valence-corrected chi connectivity index (χ4v) is 1.54. The van der Waals surface area contributed by atoms with Crippen LogP contribution < -0.4 is 5.73 Å². The summed E-state index contributed by atoms with van der Waals surface area (Å²) in [4.78, 5) is 0. The molecule has 0 bridgehead atoms. The van der Waals surface area contributed by atoms with Gasteiger partial charge in [-0.2, -0.15) is 0 Å². The van der Waals surface area contributed by atoms with Crippen LogP contribution in [0, 0.1) is 12.3 Å². The van der Waals surface area contributed by atoms with Crippen LogP contribution in [0.5, 0.6) is 0 Å². The molecule has 3 heteroatoms. The second-order valence-corrected chi connectivity index (χ2v) is 5.04. The molecular formula is C12H18ClNO. The lowest BCUT2D eigenvalue weighted by atomic mass is 9.82. The molecule has 1 aromatic carbocycles. The second-order valence-electron chi connectivity index (χ2n) is 4.63. The zero-order valence-electron chi connectivity index (χ0n) is 9.42. The lowest BCUT2D eigenvalue weighted by Gasteiger charge is -2.30. The van der Waals surface area contributed by atoms with Gasteiger partial charge < -0.3 is 10.8 Å². The van der Waals surface area contributed by atoms with E-state index in [1.54, 1.807) is 0 Å². The zero-order valence-corrected chi connectivity index (χ0v) is 10.2. The molecular weight excluding hydrogens is 210 g/mol. The fourth-order valence-electron chi connectivity index (χ4n) is 1.35. The average molecular weight is 228 g/mol. The van der Waals surface area contributed by atoms with Gasteiger partial charge in [0.25, 0.3) is 0 Å². The van der Waals surface area contributed by atoms with Crippen molar-refractivity contribution in [3.63, 3.8) is 0 Å². The standard InChI is InChI=1S/C12H18ClNO/c1-8-4-5-9(6-10(8)13)11(14)12(2,3)7-15/h4-6,11,15H,7,14H2,1-3H3/t11-/m1/s1. The van der Waals surface area contributed by atoms with Crippen LogP contribution in [-0.2, 0) is 0 Å². The van der Waals surface area contributed by atoms with Crippen LogP contribution in [0.1, 0.15) is 31.0 Å². The van der Waals surface area contributed by atoms with Gasteiger partial charge in [0.1, 0.15) is 0 Å². The highest BCUT2D eigenvalue weighted by Crippen LogP contribution is 2.32. The van der Waals surface area contributed by atoms with Crippen molar-refractivity contribution in [3.05, 3.63) is 34.3 Å². The molecule has 84 valence electrons. The summed E-state index contributed by atoms with van der Waals surface area (Å²) < 4.78 is 0. The van der Waals surface area contributed by atoms with E-state index in [-0.39, 0.29) is 18.1 Å². The molecule has 3 N–H and O–H groups in total. The maximum absolute atomic E-state index is 9.24. The van der Waals surface area contributed by atoms with Crippen LogP contribution in [0.2, 0.25) is 5.02 Å². The molecule has 0 aliphatic heterocycles. The minimum absolute atomic E-state index is 0.0552. The third-order valence-electron chi connectivity index (χ3n) is 2.80. The first kappa shape index (κ1) is 12.5. The number of aliphatic hydroxyl groups is 1. The topological polar surface area (TPSA) is 46.2 Å². The third kappa shape index (κ3) is 2.71. The fraction of sp³-hybridized carbons (Fsp3) is 0.500. The van der Waals surface area contributed by atoms with E-state index in [9.17, 15) is 5.11 Å². The first-order valence-corrected chi connectivity index (χ1v) is 5.39. The van der Waals surface area contributed by atoms with Crippen molar-refractivity contribution in [3.8, 4) is 0 Å². The van der Waals surface area contributed by atoms with Gasteiger partial charge in [-0.25, -0.2) is 0 Å². The highest BCUT2D eigenvalue weighted by Gasteiger charge is 2.27. The van der Waals surface area contributed by atoms with Gasteiger partial charge in [-0.15, -0.1) is 0 Å². The normalized spacial score (nSPS) is 14.0. The SMILES string of the molecule is Cc1ccc([C@@H](N)C(C)(C)CO)cc1Cl. The minimum Gasteiger partial charge on any atom is -0.396 e. The summed E-state index contributed by atoms with van der Waals surface area (Å²) in [5.74, 6) is 0. The van der Waals surface area contributed by atoms with Crippen molar-refractivity contribution in [1.29, 1.82) is 0 Å². The van der Waals surface area contributed by atoms with Crippen LogP contribution in [0.25, 0.3) is 0 Å². The molecule has 0 amide bonds. The van der Waals surface area contributed by atoms with Gasteiger partial charge in [-0.05, 0) is 24.1 Å². The zero-order chi connectivity index (χ0) is 11.6. The predicted octanol–water partition coefficient (Wildman–Crippen LogP) is 2.67. The Morgan fingerprint density at radius 2 is 2.07 bits per heavy atom. The number of benzene rings is 1. The Kier molecular flexibility index (Phi) is 3.77. The molecule has 0 radical (unpaired) electrons. The van der Waals surface area contributed by atoms with Crippen LogP contribution >= 0.6 is 11.6 Å². The molecule has 0 aromatic heterocycles. The summed E-state index contributed by atoms with van der Waals surface area (Å²) >= 11 is 6.03. The Hall–Kier alpha value is -0.570. The smallest absolute Gasteiger partial charge is 0.0500 e. The molecule has 1 atom stereocenters. The lowest BCUT2D eigenvalue weighted by molar-refractivity contribution is 0.132. The second kappa shape index (κ2) is 4.52. The Labute approximate surface area is 96.1 Å². The summed E-state index contributed by atoms with van der Waals surface area (Å²) in [6.45, 7) is 5.88. The van der Waals surface area contributed by atoms with Gasteiger partial charge >= 0.3 is 0 Å². The van der Waals surface area contributed by atoms with Crippen molar-refractivity contribution in [1.82, 2.24) is 0 Å². The summed E-state index contributed by atoms with van der Waals surface area (Å²) in [6, 6.07) is 5.58. The van der Waals surface area contributed by atoms with E-state index in [4.69, 9.17) is 17.3 Å². The Bertz CT molecular complexity index is 349. The third-order valence-corrected chi connectivity index (χ3v) is 3.21. The van der Waals surface area contributed by atoms with Gasteiger partial charge in [-0.3, -0.25) is 0 Å². The summed E-state index contributed by atoms with van der Waals surface area (Å²) in [5, 5.41) is 9.96. The largest absolute Gasteiger partial charge is 0.396 e. The van der Waals surface area contributed by atoms with Crippen LogP contribution in [0.15, 0.2) is 18.2 Å². The number of hydrogen-bond donors (Lipinski definition) is 2. The van der Waals surface area contributed by atoms with Crippen molar-refractivity contribution in [2.24, 2.45) is 11.1 Å². The molecule has 0 unspecified atom stereocenters. The van der Waals surface area contributed by atoms with E-state index in [2.05, 4.69) is 0 Å². The molecule has 0 saturated carbocycles. The number of rotatable bonds is 3. The maximum Gasteiger partial charge on any atom is 0.0500 e. The molecule has 0 saturated heterocycles. The summed E-state index contributed by atoms with van der Waals surface area (Å²) in [6.07, 6.45) is 0. The Balaban J connectivity index is 3.02. The van der Waals surface area contributed by atoms with Crippen molar-refractivity contribution in [2.45, 2.75) is 26.8 Å². The Morgan fingerprint density at radius 1 is 1.47 bits per heavy atom. The van der Waals surface area contributed by atoms with E-state index in [1.807, 2.05) is 39.0 Å². The summed E-state index contributed by atoms with van der Waals surface area (Å²) in [5.41, 5.74) is 7.75. The van der Waals surface area contributed by atoms with E-state index in [0.29, 0.717) is 0 Å². The Morgan fingerprint density at radius 3 is 2.53 bits per heavy atom. The van der Waals surface area contributed by atoms with Gasteiger partial charge in [0.05, 0.1) is 0 Å². The molecule has 15 heavy (non-hydrogen) atoms. The van der Waals surface area contributed by atoms with E-state index >= 15 is 0 Å². The minimum atomic E-state index is -0.335. The highest BCUT2D eigenvalue weighted by atomic mass is 35.5. The molecule has 0 aliphatic rings. The van der Waals surface area contributed by atoms with E-state index < -0.39 is 0 Å². The van der Waals surface area contributed by atoms with Crippen LogP contribution in [0.4, 0.5) is 0 Å². The lowest BCUT2D eigenvalue weighted by Crippen LogP contribution is -2.32. The highest BCUT2D eigenvalue weighted by molar-refractivity contribution is 6.31. The van der Waals surface area contributed by atoms with E-state index in [1.165, 1.54) is 0 Å². The average Bonchev–Trinajstić information content (AvgIpc) is 2.21. The van der Waals surface area contributed by atoms with Gasteiger partial charge in [0.15, 0.2) is 0 Å². The number of halogens is 1. The summed E-state index contributed by atoms with van der Waals surface area (Å²) in [7, 11) is 0. The molecule has 0 fully saturated rings. The quantitative estimate of drug-likeness (QED) is 0.834.